The molecule has 0 aliphatic heterocycles. The molecule has 0 radical (unpaired) electrons. The molecular weight excluding hydrogens is 463 g/mol. The highest BCUT2D eigenvalue weighted by atomic mass is 19.1. The molecule has 0 spiro atoms. The standard InChI is InChI=1S/C27H27FN4O4/c1-31(2)13-14-36-21-10-11-23-22(16-21)27(33)32(29-17-18-5-8-20(28)9-6-18)26(30-23)19-7-12-24(34-3)25(15-19)35-4/h5-12,15-17H,13-14H2,1-4H3. The Morgan fingerprint density at radius 1 is 1.00 bits per heavy atom. The zero-order chi connectivity index (χ0) is 25.7. The van der Waals surface area contributed by atoms with Gasteiger partial charge in [-0.15, -0.1) is 0 Å². The number of nitrogens with zero attached hydrogens (tertiary/aromatic N) is 4. The van der Waals surface area contributed by atoms with Gasteiger partial charge < -0.3 is 19.1 Å². The highest BCUT2D eigenvalue weighted by Gasteiger charge is 2.16. The maximum Gasteiger partial charge on any atom is 0.282 e. The molecule has 0 bridgehead atoms. The number of ether oxygens (including phenoxy) is 3. The first-order valence-corrected chi connectivity index (χ1v) is 11.3. The van der Waals surface area contributed by atoms with Crippen LogP contribution >= 0.6 is 0 Å². The fourth-order valence-electron chi connectivity index (χ4n) is 3.53. The number of hydrogen-bond acceptors (Lipinski definition) is 7. The predicted octanol–water partition coefficient (Wildman–Crippen LogP) is 4.04. The van der Waals surface area contributed by atoms with E-state index in [9.17, 15) is 9.18 Å². The molecule has 4 rings (SSSR count). The van der Waals surface area contributed by atoms with E-state index in [1.807, 2.05) is 19.0 Å². The molecule has 0 saturated heterocycles. The van der Waals surface area contributed by atoms with Crippen LogP contribution in [0.3, 0.4) is 0 Å². The van der Waals surface area contributed by atoms with E-state index >= 15 is 0 Å². The third kappa shape index (κ3) is 5.52. The summed E-state index contributed by atoms with van der Waals surface area (Å²) < 4.78 is 31.1. The van der Waals surface area contributed by atoms with Gasteiger partial charge in [0.15, 0.2) is 17.3 Å². The molecule has 0 saturated carbocycles. The summed E-state index contributed by atoms with van der Waals surface area (Å²) in [5, 5.41) is 4.78. The number of rotatable bonds is 9. The SMILES string of the molecule is COc1ccc(-c2nc3ccc(OCCN(C)C)cc3c(=O)n2N=Cc2ccc(F)cc2)cc1OC. The van der Waals surface area contributed by atoms with Gasteiger partial charge in [-0.1, -0.05) is 12.1 Å². The Bertz CT molecular complexity index is 1450. The van der Waals surface area contributed by atoms with E-state index in [1.54, 1.807) is 55.6 Å². The van der Waals surface area contributed by atoms with E-state index in [0.29, 0.717) is 51.7 Å². The van der Waals surface area contributed by atoms with Crippen molar-refractivity contribution in [2.75, 3.05) is 41.5 Å². The lowest BCUT2D eigenvalue weighted by Gasteiger charge is -2.14. The lowest BCUT2D eigenvalue weighted by Crippen LogP contribution is -2.21. The number of halogens is 1. The van der Waals surface area contributed by atoms with Crippen molar-refractivity contribution >= 4 is 17.1 Å². The number of benzene rings is 3. The van der Waals surface area contributed by atoms with Crippen LogP contribution in [0.1, 0.15) is 5.56 Å². The van der Waals surface area contributed by atoms with Crippen molar-refractivity contribution < 1.29 is 18.6 Å². The smallest absolute Gasteiger partial charge is 0.282 e. The van der Waals surface area contributed by atoms with E-state index in [4.69, 9.17) is 19.2 Å². The van der Waals surface area contributed by atoms with Crippen molar-refractivity contribution in [3.63, 3.8) is 0 Å². The Kier molecular flexibility index (Phi) is 7.60. The molecule has 0 aliphatic rings. The third-order valence-corrected chi connectivity index (χ3v) is 5.46. The van der Waals surface area contributed by atoms with Crippen molar-refractivity contribution in [3.8, 4) is 28.6 Å². The van der Waals surface area contributed by atoms with Crippen LogP contribution in [-0.4, -0.2) is 62.2 Å². The minimum Gasteiger partial charge on any atom is -0.493 e. The van der Waals surface area contributed by atoms with Gasteiger partial charge >= 0.3 is 0 Å². The molecule has 0 amide bonds. The molecule has 4 aromatic rings. The maximum atomic E-state index is 13.6. The van der Waals surface area contributed by atoms with Crippen LogP contribution in [0.4, 0.5) is 4.39 Å². The topological polar surface area (TPSA) is 78.2 Å². The second-order valence-corrected chi connectivity index (χ2v) is 8.25. The minimum absolute atomic E-state index is 0.313. The van der Waals surface area contributed by atoms with Crippen LogP contribution in [0.5, 0.6) is 17.2 Å². The van der Waals surface area contributed by atoms with Crippen molar-refractivity contribution in [2.45, 2.75) is 0 Å². The summed E-state index contributed by atoms with van der Waals surface area (Å²) in [7, 11) is 7.00. The third-order valence-electron chi connectivity index (χ3n) is 5.46. The molecular formula is C27H27FN4O4. The van der Waals surface area contributed by atoms with Crippen LogP contribution in [0.2, 0.25) is 0 Å². The summed E-state index contributed by atoms with van der Waals surface area (Å²) in [4.78, 5) is 20.4. The fraction of sp³-hybridized carbons (Fsp3) is 0.222. The maximum absolute atomic E-state index is 13.6. The van der Waals surface area contributed by atoms with Crippen molar-refractivity contribution in [1.82, 2.24) is 14.6 Å². The van der Waals surface area contributed by atoms with E-state index in [0.717, 1.165) is 6.54 Å². The lowest BCUT2D eigenvalue weighted by atomic mass is 10.1. The fourth-order valence-corrected chi connectivity index (χ4v) is 3.53. The second kappa shape index (κ2) is 11.0. The van der Waals surface area contributed by atoms with Gasteiger partial charge in [0.05, 0.1) is 31.3 Å². The monoisotopic (exact) mass is 490 g/mol. The van der Waals surface area contributed by atoms with Gasteiger partial charge in [-0.2, -0.15) is 9.78 Å². The Morgan fingerprint density at radius 2 is 1.75 bits per heavy atom. The molecule has 0 fully saturated rings. The van der Waals surface area contributed by atoms with E-state index in [-0.39, 0.29) is 11.4 Å². The van der Waals surface area contributed by atoms with Crippen LogP contribution in [0, 0.1) is 5.82 Å². The summed E-state index contributed by atoms with van der Waals surface area (Å²) in [6.07, 6.45) is 1.48. The Labute approximate surface area is 208 Å². The van der Waals surface area contributed by atoms with Gasteiger partial charge in [0.2, 0.25) is 0 Å². The van der Waals surface area contributed by atoms with E-state index in [1.165, 1.54) is 30.1 Å². The van der Waals surface area contributed by atoms with Crippen LogP contribution < -0.4 is 19.8 Å². The van der Waals surface area contributed by atoms with E-state index < -0.39 is 0 Å². The van der Waals surface area contributed by atoms with Crippen LogP contribution in [0.25, 0.3) is 22.3 Å². The summed E-state index contributed by atoms with van der Waals surface area (Å²) >= 11 is 0. The van der Waals surface area contributed by atoms with Gasteiger partial charge in [-0.3, -0.25) is 4.79 Å². The van der Waals surface area contributed by atoms with Crippen molar-refractivity contribution in [2.24, 2.45) is 5.10 Å². The van der Waals surface area contributed by atoms with Gasteiger partial charge in [0.25, 0.3) is 5.56 Å². The largest absolute Gasteiger partial charge is 0.493 e. The van der Waals surface area contributed by atoms with Gasteiger partial charge in [0.1, 0.15) is 18.2 Å². The normalized spacial score (nSPS) is 11.4. The molecule has 0 unspecified atom stereocenters. The Morgan fingerprint density at radius 3 is 2.44 bits per heavy atom. The number of aromatic nitrogens is 2. The number of likely N-dealkylation sites (N-methyl/N-ethyl adjacent to an activating group) is 1. The molecule has 9 heteroatoms. The zero-order valence-electron chi connectivity index (χ0n) is 20.6. The molecule has 1 heterocycles. The van der Waals surface area contributed by atoms with Crippen LogP contribution in [0.15, 0.2) is 70.6 Å². The van der Waals surface area contributed by atoms with E-state index in [2.05, 4.69) is 5.10 Å². The van der Waals surface area contributed by atoms with Gasteiger partial charge in [-0.05, 0) is 68.2 Å². The molecule has 8 nitrogen and oxygen atoms in total. The molecule has 3 aromatic carbocycles. The molecule has 0 aliphatic carbocycles. The summed E-state index contributed by atoms with van der Waals surface area (Å²) in [5.74, 6) is 1.56. The summed E-state index contributed by atoms with van der Waals surface area (Å²) in [6.45, 7) is 1.22. The minimum atomic E-state index is -0.374. The lowest BCUT2D eigenvalue weighted by molar-refractivity contribution is 0.261. The number of hydrogen-bond donors (Lipinski definition) is 0. The van der Waals surface area contributed by atoms with Gasteiger partial charge in [0, 0.05) is 12.1 Å². The average molecular weight is 491 g/mol. The quantitative estimate of drug-likeness (QED) is 0.330. The summed E-state index contributed by atoms with van der Waals surface area (Å²) in [6, 6.07) is 16.3. The molecule has 1 aromatic heterocycles. The second-order valence-electron chi connectivity index (χ2n) is 8.25. The zero-order valence-corrected chi connectivity index (χ0v) is 20.6. The van der Waals surface area contributed by atoms with Gasteiger partial charge in [-0.25, -0.2) is 9.37 Å². The van der Waals surface area contributed by atoms with Crippen molar-refractivity contribution in [1.29, 1.82) is 0 Å². The first kappa shape index (κ1) is 24.9. The average Bonchev–Trinajstić information content (AvgIpc) is 2.88. The Balaban J connectivity index is 1.85. The molecule has 0 N–H and O–H groups in total. The summed E-state index contributed by atoms with van der Waals surface area (Å²) in [5.41, 5.74) is 1.36. The highest BCUT2D eigenvalue weighted by molar-refractivity contribution is 5.83. The first-order chi connectivity index (χ1) is 17.4. The highest BCUT2D eigenvalue weighted by Crippen LogP contribution is 2.32. The predicted molar refractivity (Wildman–Crippen MR) is 138 cm³/mol. The van der Waals surface area contributed by atoms with Crippen molar-refractivity contribution in [3.05, 3.63) is 82.4 Å². The molecule has 0 atom stereocenters. The first-order valence-electron chi connectivity index (χ1n) is 11.3. The number of methoxy groups -OCH3 is 2. The molecule has 36 heavy (non-hydrogen) atoms. The molecule has 186 valence electrons. The van der Waals surface area contributed by atoms with Crippen LogP contribution in [-0.2, 0) is 0 Å². The Hall–Kier alpha value is -4.24. The number of fused-ring (bicyclic) bond motifs is 1.